The molecule has 2 aliphatic heterocycles. The van der Waals surface area contributed by atoms with Crippen LogP contribution in [0.5, 0.6) is 0 Å². The van der Waals surface area contributed by atoms with E-state index in [4.69, 9.17) is 16.3 Å². The van der Waals surface area contributed by atoms with Gasteiger partial charge in [-0.3, -0.25) is 4.79 Å². The standard InChI is InChI=1S/C16H18ClF3IN3O2/c1-2-26-15(25)11-8-5-9(11)7-24(6-8)14-12(17)23-13(21)10(22-14)3-4-16(18,19)20/h8-9,11H,2-7H2,1H3. The molecule has 144 valence electrons. The predicted octanol–water partition coefficient (Wildman–Crippen LogP) is 3.86. The number of aryl methyl sites for hydroxylation is 1. The van der Waals surface area contributed by atoms with Crippen molar-refractivity contribution in [1.29, 1.82) is 0 Å². The summed E-state index contributed by atoms with van der Waals surface area (Å²) in [6.45, 7) is 3.29. The molecule has 2 atom stereocenters. The molecule has 3 fully saturated rings. The summed E-state index contributed by atoms with van der Waals surface area (Å²) in [6.07, 6.45) is -4.49. The van der Waals surface area contributed by atoms with Crippen LogP contribution in [0.1, 0.15) is 25.5 Å². The number of alkyl halides is 3. The van der Waals surface area contributed by atoms with Gasteiger partial charge in [0.15, 0.2) is 11.0 Å². The van der Waals surface area contributed by atoms with Gasteiger partial charge in [-0.2, -0.15) is 13.2 Å². The number of piperidine rings is 2. The van der Waals surface area contributed by atoms with Crippen molar-refractivity contribution in [2.45, 2.75) is 32.4 Å². The highest BCUT2D eigenvalue weighted by Crippen LogP contribution is 2.47. The first-order chi connectivity index (χ1) is 12.2. The first kappa shape index (κ1) is 19.9. The summed E-state index contributed by atoms with van der Waals surface area (Å²) in [4.78, 5) is 22.5. The number of carbonyl (C=O) groups is 1. The second kappa shape index (κ2) is 7.65. The summed E-state index contributed by atoms with van der Waals surface area (Å²) in [5.41, 5.74) is 0.295. The van der Waals surface area contributed by atoms with E-state index in [1.807, 2.05) is 27.5 Å². The van der Waals surface area contributed by atoms with E-state index in [1.54, 1.807) is 6.92 Å². The van der Waals surface area contributed by atoms with Crippen molar-refractivity contribution >= 4 is 46.0 Å². The van der Waals surface area contributed by atoms with E-state index in [0.717, 1.165) is 6.42 Å². The highest BCUT2D eigenvalue weighted by Gasteiger charge is 2.51. The minimum absolute atomic E-state index is 0.105. The lowest BCUT2D eigenvalue weighted by Gasteiger charge is -2.52. The van der Waals surface area contributed by atoms with Crippen molar-refractivity contribution in [2.24, 2.45) is 17.8 Å². The Morgan fingerprint density at radius 3 is 2.58 bits per heavy atom. The average molecular weight is 504 g/mol. The third kappa shape index (κ3) is 4.18. The van der Waals surface area contributed by atoms with E-state index in [9.17, 15) is 18.0 Å². The van der Waals surface area contributed by atoms with Crippen molar-refractivity contribution in [3.8, 4) is 0 Å². The number of carbonyl (C=O) groups excluding carboxylic acids is 1. The molecule has 0 spiro atoms. The van der Waals surface area contributed by atoms with Gasteiger partial charge in [0.1, 0.15) is 3.70 Å². The van der Waals surface area contributed by atoms with Crippen LogP contribution in [0.2, 0.25) is 5.15 Å². The Kier molecular flexibility index (Phi) is 5.86. The molecule has 0 N–H and O–H groups in total. The van der Waals surface area contributed by atoms with Crippen LogP contribution in [-0.4, -0.2) is 41.8 Å². The van der Waals surface area contributed by atoms with Crippen LogP contribution >= 0.6 is 34.2 Å². The van der Waals surface area contributed by atoms with Crippen LogP contribution in [0.3, 0.4) is 0 Å². The number of aromatic nitrogens is 2. The first-order valence-electron chi connectivity index (χ1n) is 8.39. The Labute approximate surface area is 167 Å². The Morgan fingerprint density at radius 2 is 2.00 bits per heavy atom. The monoisotopic (exact) mass is 503 g/mol. The number of fused-ring (bicyclic) bond motifs is 2. The number of hydrogen-bond donors (Lipinski definition) is 0. The number of rotatable bonds is 5. The third-order valence-electron chi connectivity index (χ3n) is 4.89. The second-order valence-electron chi connectivity index (χ2n) is 6.63. The maximum atomic E-state index is 12.5. The van der Waals surface area contributed by atoms with Crippen molar-refractivity contribution in [3.63, 3.8) is 0 Å². The minimum Gasteiger partial charge on any atom is -0.466 e. The summed E-state index contributed by atoms with van der Waals surface area (Å²) in [7, 11) is 0. The first-order valence-corrected chi connectivity index (χ1v) is 9.85. The van der Waals surface area contributed by atoms with Crippen molar-refractivity contribution in [2.75, 3.05) is 24.6 Å². The third-order valence-corrected chi connectivity index (χ3v) is 6.01. The molecule has 5 nitrogen and oxygen atoms in total. The van der Waals surface area contributed by atoms with E-state index in [2.05, 4.69) is 9.97 Å². The molecular formula is C16H18ClF3IN3O2. The van der Waals surface area contributed by atoms with Gasteiger partial charge in [0, 0.05) is 25.9 Å². The van der Waals surface area contributed by atoms with Gasteiger partial charge < -0.3 is 9.64 Å². The Bertz CT molecular complexity index is 692. The van der Waals surface area contributed by atoms with Gasteiger partial charge in [-0.1, -0.05) is 11.6 Å². The Balaban J connectivity index is 1.73. The SMILES string of the molecule is CCOC(=O)C1C2CC1CN(c1nc(CCC(F)(F)F)c(I)nc1Cl)C2. The summed E-state index contributed by atoms with van der Waals surface area (Å²) in [5.74, 6) is 0.443. The summed E-state index contributed by atoms with van der Waals surface area (Å²) >= 11 is 8.06. The maximum Gasteiger partial charge on any atom is 0.389 e. The molecule has 0 radical (unpaired) electrons. The van der Waals surface area contributed by atoms with E-state index in [-0.39, 0.29) is 35.3 Å². The van der Waals surface area contributed by atoms with E-state index in [0.29, 0.717) is 34.9 Å². The molecule has 26 heavy (non-hydrogen) atoms. The normalized spacial score (nSPS) is 25.0. The van der Waals surface area contributed by atoms with Crippen LogP contribution in [-0.2, 0) is 16.0 Å². The van der Waals surface area contributed by atoms with Crippen LogP contribution in [0.4, 0.5) is 19.0 Å². The summed E-state index contributed by atoms with van der Waals surface area (Å²) in [6, 6.07) is 0. The fourth-order valence-electron chi connectivity index (χ4n) is 3.73. The zero-order valence-corrected chi connectivity index (χ0v) is 16.9. The zero-order valence-electron chi connectivity index (χ0n) is 14.0. The number of hydrogen-bond acceptors (Lipinski definition) is 5. The highest BCUT2D eigenvalue weighted by atomic mass is 127. The topological polar surface area (TPSA) is 55.3 Å². The van der Waals surface area contributed by atoms with Crippen LogP contribution in [0.25, 0.3) is 0 Å². The molecular weight excluding hydrogens is 486 g/mol. The van der Waals surface area contributed by atoms with Gasteiger partial charge in [-0.15, -0.1) is 0 Å². The number of anilines is 1. The zero-order chi connectivity index (χ0) is 19.1. The molecule has 0 amide bonds. The van der Waals surface area contributed by atoms with Crippen molar-refractivity contribution in [1.82, 2.24) is 9.97 Å². The number of ether oxygens (including phenoxy) is 1. The van der Waals surface area contributed by atoms with Crippen LogP contribution < -0.4 is 4.90 Å². The number of esters is 1. The van der Waals surface area contributed by atoms with Gasteiger partial charge in [-0.25, -0.2) is 9.97 Å². The molecule has 1 saturated carbocycles. The predicted molar refractivity (Wildman–Crippen MR) is 98.1 cm³/mol. The van der Waals surface area contributed by atoms with Gasteiger partial charge >= 0.3 is 12.1 Å². The second-order valence-corrected chi connectivity index (χ2v) is 8.01. The van der Waals surface area contributed by atoms with Gasteiger partial charge in [0.25, 0.3) is 0 Å². The summed E-state index contributed by atoms with van der Waals surface area (Å²) < 4.78 is 43.1. The van der Waals surface area contributed by atoms with Crippen LogP contribution in [0.15, 0.2) is 0 Å². The van der Waals surface area contributed by atoms with Crippen molar-refractivity contribution in [3.05, 3.63) is 14.5 Å². The quantitative estimate of drug-likeness (QED) is 0.451. The molecule has 0 aromatic carbocycles. The molecule has 1 aromatic rings. The summed E-state index contributed by atoms with van der Waals surface area (Å²) in [5, 5.41) is 0.180. The molecule has 2 bridgehead atoms. The molecule has 2 unspecified atom stereocenters. The molecule has 1 aliphatic carbocycles. The molecule has 10 heteroatoms. The molecule has 4 rings (SSSR count). The van der Waals surface area contributed by atoms with Gasteiger partial charge in [-0.05, 0) is 47.8 Å². The molecule has 3 heterocycles. The molecule has 1 aromatic heterocycles. The van der Waals surface area contributed by atoms with Gasteiger partial charge in [0.05, 0.1) is 18.2 Å². The largest absolute Gasteiger partial charge is 0.466 e. The molecule has 3 aliphatic rings. The Hall–Kier alpha value is -0.840. The Morgan fingerprint density at radius 1 is 1.35 bits per heavy atom. The molecule has 2 saturated heterocycles. The lowest BCUT2D eigenvalue weighted by Crippen LogP contribution is -2.58. The smallest absolute Gasteiger partial charge is 0.389 e. The lowest BCUT2D eigenvalue weighted by molar-refractivity contribution is -0.160. The van der Waals surface area contributed by atoms with Crippen molar-refractivity contribution < 1.29 is 22.7 Å². The fourth-order valence-corrected chi connectivity index (χ4v) is 4.75. The lowest BCUT2D eigenvalue weighted by atomic mass is 9.61. The van der Waals surface area contributed by atoms with E-state index in [1.165, 1.54) is 0 Å². The van der Waals surface area contributed by atoms with E-state index >= 15 is 0 Å². The number of halogens is 5. The minimum atomic E-state index is -4.25. The maximum absolute atomic E-state index is 12.5. The highest BCUT2D eigenvalue weighted by molar-refractivity contribution is 14.1. The number of nitrogens with zero attached hydrogens (tertiary/aromatic N) is 3. The van der Waals surface area contributed by atoms with Gasteiger partial charge in [0.2, 0.25) is 0 Å². The van der Waals surface area contributed by atoms with Crippen LogP contribution in [0, 0.1) is 21.5 Å². The average Bonchev–Trinajstić information content (AvgIpc) is 2.53. The fraction of sp³-hybridized carbons (Fsp3) is 0.688. The van der Waals surface area contributed by atoms with E-state index < -0.39 is 12.6 Å².